The van der Waals surface area contributed by atoms with Gasteiger partial charge in [-0.3, -0.25) is 9.79 Å². The Morgan fingerprint density at radius 2 is 1.90 bits per heavy atom. The van der Waals surface area contributed by atoms with Gasteiger partial charge in [0.05, 0.1) is 11.3 Å². The Morgan fingerprint density at radius 1 is 1.13 bits per heavy atom. The molecule has 0 spiro atoms. The zero-order chi connectivity index (χ0) is 21.5. The Labute approximate surface area is 182 Å². The van der Waals surface area contributed by atoms with Gasteiger partial charge in [-0.25, -0.2) is 0 Å². The molecule has 2 N–H and O–H groups in total. The van der Waals surface area contributed by atoms with Crippen LogP contribution in [-0.2, 0) is 6.61 Å². The summed E-state index contributed by atoms with van der Waals surface area (Å²) in [6.45, 7) is 4.16. The number of aliphatic imine (C=N–C) groups is 1. The quantitative estimate of drug-likeness (QED) is 0.523. The molecule has 0 atom stereocenters. The van der Waals surface area contributed by atoms with Gasteiger partial charge in [0.15, 0.2) is 5.01 Å². The minimum absolute atomic E-state index is 0.248. The second kappa shape index (κ2) is 7.48. The number of ether oxygens (including phenoxy) is 1. The average molecular weight is 430 g/mol. The predicted molar refractivity (Wildman–Crippen MR) is 124 cm³/mol. The van der Waals surface area contributed by atoms with Crippen molar-refractivity contribution < 1.29 is 4.74 Å². The summed E-state index contributed by atoms with van der Waals surface area (Å²) < 4.78 is 7.38. The van der Waals surface area contributed by atoms with Gasteiger partial charge in [-0.1, -0.05) is 47.7 Å². The number of hydrogen-bond acceptors (Lipinski definition) is 7. The number of anilines is 1. The number of rotatable bonds is 4. The average Bonchev–Trinajstić information content (AvgIpc) is 3.30. The van der Waals surface area contributed by atoms with Crippen LogP contribution < -0.4 is 16.0 Å². The van der Waals surface area contributed by atoms with Crippen LogP contribution >= 0.6 is 11.3 Å². The van der Waals surface area contributed by atoms with Crippen molar-refractivity contribution in [2.75, 3.05) is 5.73 Å². The van der Waals surface area contributed by atoms with Crippen molar-refractivity contribution in [3.63, 3.8) is 0 Å². The maximum absolute atomic E-state index is 12.8. The van der Waals surface area contributed by atoms with E-state index in [2.05, 4.69) is 15.1 Å². The van der Waals surface area contributed by atoms with Crippen LogP contribution in [-0.4, -0.2) is 20.3 Å². The molecule has 0 saturated heterocycles. The number of fused-ring (bicyclic) bond motifs is 2. The second-order valence-electron chi connectivity index (χ2n) is 7.23. The molecular weight excluding hydrogens is 410 g/mol. The van der Waals surface area contributed by atoms with Crippen molar-refractivity contribution in [1.29, 1.82) is 0 Å². The van der Waals surface area contributed by atoms with Crippen molar-refractivity contribution in [2.24, 2.45) is 4.99 Å². The number of benzene rings is 2. The molecule has 154 valence electrons. The summed E-state index contributed by atoms with van der Waals surface area (Å²) in [5.74, 6) is 1.04. The lowest BCUT2D eigenvalue weighted by Crippen LogP contribution is -2.17. The first-order valence-corrected chi connectivity index (χ1v) is 10.6. The third-order valence-corrected chi connectivity index (χ3v) is 6.02. The molecule has 1 aliphatic heterocycles. The van der Waals surface area contributed by atoms with E-state index in [4.69, 9.17) is 10.5 Å². The van der Waals surface area contributed by atoms with E-state index in [1.165, 1.54) is 15.9 Å². The molecule has 7 nitrogen and oxygen atoms in total. The van der Waals surface area contributed by atoms with E-state index < -0.39 is 5.56 Å². The smallest absolute Gasteiger partial charge is 0.283 e. The monoisotopic (exact) mass is 429 g/mol. The molecule has 0 saturated carbocycles. The Morgan fingerprint density at radius 3 is 2.74 bits per heavy atom. The van der Waals surface area contributed by atoms with E-state index in [0.29, 0.717) is 15.5 Å². The lowest BCUT2D eigenvalue weighted by Gasteiger charge is -2.06. The van der Waals surface area contributed by atoms with Gasteiger partial charge in [0, 0.05) is 16.8 Å². The number of hydrogen-bond donors (Lipinski definition) is 1. The van der Waals surface area contributed by atoms with Gasteiger partial charge < -0.3 is 10.5 Å². The van der Waals surface area contributed by atoms with E-state index in [1.807, 2.05) is 62.4 Å². The molecule has 0 radical (unpaired) electrons. The summed E-state index contributed by atoms with van der Waals surface area (Å²) >= 11 is 1.28. The molecule has 0 bridgehead atoms. The maximum Gasteiger partial charge on any atom is 0.283 e. The first kappa shape index (κ1) is 19.2. The molecule has 31 heavy (non-hydrogen) atoms. The highest BCUT2D eigenvalue weighted by atomic mass is 32.1. The number of aromatic nitrogens is 3. The van der Waals surface area contributed by atoms with Crippen LogP contribution in [0.5, 0.6) is 5.75 Å². The number of aryl methyl sites for hydroxylation is 1. The van der Waals surface area contributed by atoms with E-state index >= 15 is 0 Å². The number of para-hydroxylation sites is 2. The summed E-state index contributed by atoms with van der Waals surface area (Å²) in [5.41, 5.74) is 10.8. The molecule has 2 aromatic carbocycles. The fraction of sp³-hybridized carbons (Fsp3) is 0.130. The van der Waals surface area contributed by atoms with E-state index in [0.717, 1.165) is 33.8 Å². The van der Waals surface area contributed by atoms with Crippen LogP contribution in [0.2, 0.25) is 0 Å². The van der Waals surface area contributed by atoms with Crippen LogP contribution in [0.1, 0.15) is 28.6 Å². The Kier molecular flexibility index (Phi) is 4.63. The third kappa shape index (κ3) is 3.40. The summed E-state index contributed by atoms with van der Waals surface area (Å²) in [4.78, 5) is 21.9. The van der Waals surface area contributed by atoms with Gasteiger partial charge in [0.1, 0.15) is 18.2 Å². The van der Waals surface area contributed by atoms with E-state index in [-0.39, 0.29) is 12.4 Å². The standard InChI is InChI=1S/C23H19N5O2S/c1-13-7-3-6-10-19(13)30-12-20-27-28-21(24)17(22(29)26-23(28)31-20)11-16-14(2)25-18-9-5-4-8-15(16)18/h3-11H,12,24H2,1-2H3/b16-11-. The van der Waals surface area contributed by atoms with Gasteiger partial charge >= 0.3 is 0 Å². The van der Waals surface area contributed by atoms with Gasteiger partial charge in [0.25, 0.3) is 5.56 Å². The second-order valence-corrected chi connectivity index (χ2v) is 8.27. The third-order valence-electron chi connectivity index (χ3n) is 5.14. The van der Waals surface area contributed by atoms with Crippen molar-refractivity contribution in [3.05, 3.63) is 80.6 Å². The molecule has 1 aliphatic rings. The molecule has 0 unspecified atom stereocenters. The van der Waals surface area contributed by atoms with Crippen molar-refractivity contribution in [1.82, 2.24) is 14.6 Å². The first-order valence-electron chi connectivity index (χ1n) is 9.74. The Balaban J connectivity index is 1.52. The molecule has 2 aromatic heterocycles. The number of nitrogens with two attached hydrogens (primary N) is 1. The zero-order valence-electron chi connectivity index (χ0n) is 17.0. The summed E-state index contributed by atoms with van der Waals surface area (Å²) in [6, 6.07) is 15.6. The molecule has 8 heteroatoms. The van der Waals surface area contributed by atoms with Gasteiger partial charge in [-0.15, -0.1) is 0 Å². The molecular formula is C23H19N5O2S. The number of nitrogen functional groups attached to an aromatic ring is 1. The van der Waals surface area contributed by atoms with Crippen LogP contribution in [0.15, 0.2) is 58.3 Å². The summed E-state index contributed by atoms with van der Waals surface area (Å²) in [5, 5.41) is 5.20. The summed E-state index contributed by atoms with van der Waals surface area (Å²) in [7, 11) is 0. The predicted octanol–water partition coefficient (Wildman–Crippen LogP) is 4.27. The Bertz CT molecular complexity index is 1450. The SMILES string of the molecule is CC1=Nc2ccccc2/C1=C\c1c(N)n2nc(COc3ccccc3C)sc2nc1=O. The normalized spacial score (nSPS) is 14.1. The molecule has 3 heterocycles. The fourth-order valence-corrected chi connectivity index (χ4v) is 4.34. The van der Waals surface area contributed by atoms with Crippen LogP contribution in [0, 0.1) is 6.92 Å². The highest BCUT2D eigenvalue weighted by Crippen LogP contribution is 2.35. The lowest BCUT2D eigenvalue weighted by molar-refractivity contribution is 0.302. The van der Waals surface area contributed by atoms with Gasteiger partial charge in [-0.05, 0) is 37.6 Å². The topological polar surface area (TPSA) is 94.9 Å². The minimum Gasteiger partial charge on any atom is -0.486 e. The van der Waals surface area contributed by atoms with Crippen LogP contribution in [0.4, 0.5) is 11.5 Å². The highest BCUT2D eigenvalue weighted by molar-refractivity contribution is 7.16. The van der Waals surface area contributed by atoms with E-state index in [9.17, 15) is 4.79 Å². The molecule has 5 rings (SSSR count). The number of allylic oxidation sites excluding steroid dienone is 1. The number of nitrogens with zero attached hydrogens (tertiary/aromatic N) is 4. The molecule has 0 aliphatic carbocycles. The zero-order valence-corrected chi connectivity index (χ0v) is 17.8. The van der Waals surface area contributed by atoms with E-state index in [1.54, 1.807) is 6.08 Å². The van der Waals surface area contributed by atoms with Gasteiger partial charge in [0.2, 0.25) is 4.96 Å². The lowest BCUT2D eigenvalue weighted by atomic mass is 10.0. The maximum atomic E-state index is 12.8. The van der Waals surface area contributed by atoms with Crippen LogP contribution in [0.3, 0.4) is 0 Å². The van der Waals surface area contributed by atoms with Crippen LogP contribution in [0.25, 0.3) is 16.6 Å². The molecule has 0 amide bonds. The van der Waals surface area contributed by atoms with Crippen molar-refractivity contribution in [2.45, 2.75) is 20.5 Å². The molecule has 0 fully saturated rings. The molecule has 4 aromatic rings. The first-order chi connectivity index (χ1) is 15.0. The summed E-state index contributed by atoms with van der Waals surface area (Å²) in [6.07, 6.45) is 1.75. The Hall–Kier alpha value is -3.78. The largest absolute Gasteiger partial charge is 0.486 e. The van der Waals surface area contributed by atoms with Gasteiger partial charge in [-0.2, -0.15) is 14.6 Å². The highest BCUT2D eigenvalue weighted by Gasteiger charge is 2.20. The fourth-order valence-electron chi connectivity index (χ4n) is 3.53. The van der Waals surface area contributed by atoms with Crippen molar-refractivity contribution in [3.8, 4) is 5.75 Å². The minimum atomic E-state index is -0.391. The van der Waals surface area contributed by atoms with Crippen molar-refractivity contribution >= 4 is 45.2 Å².